The van der Waals surface area contributed by atoms with Crippen molar-refractivity contribution in [3.05, 3.63) is 70.9 Å². The van der Waals surface area contributed by atoms with Gasteiger partial charge in [0.05, 0.1) is 18.2 Å². The number of pyridine rings is 1. The average molecular weight is 409 g/mol. The topological polar surface area (TPSA) is 59.5 Å². The standard InChI is InChI=1S/C23H21ClN2O3/c1-29-19-6-4-15(5-7-19)22(27)16-8-11-26(12-9-16)23(28)20-14-18(24)13-17-3-2-10-25-21(17)20/h2-7,10,13-14,16H,8-9,11-12H2,1H3. The van der Waals surface area contributed by atoms with E-state index < -0.39 is 0 Å². The molecule has 1 fully saturated rings. The van der Waals surface area contributed by atoms with E-state index in [1.54, 1.807) is 54.6 Å². The van der Waals surface area contributed by atoms with E-state index >= 15 is 0 Å². The fraction of sp³-hybridized carbons (Fsp3) is 0.261. The Balaban J connectivity index is 1.47. The highest BCUT2D eigenvalue weighted by Crippen LogP contribution is 2.27. The lowest BCUT2D eigenvalue weighted by atomic mass is 9.88. The smallest absolute Gasteiger partial charge is 0.256 e. The number of aromatic nitrogens is 1. The van der Waals surface area contributed by atoms with E-state index in [-0.39, 0.29) is 17.6 Å². The number of hydrogen-bond donors (Lipinski definition) is 0. The molecule has 4 rings (SSSR count). The highest BCUT2D eigenvalue weighted by molar-refractivity contribution is 6.32. The molecule has 2 aromatic carbocycles. The van der Waals surface area contributed by atoms with Crippen LogP contribution in [0.3, 0.4) is 0 Å². The third kappa shape index (κ3) is 3.96. The molecule has 0 aliphatic carbocycles. The molecule has 3 aromatic rings. The molecule has 6 heteroatoms. The number of benzene rings is 2. The molecule has 148 valence electrons. The molecule has 2 heterocycles. The van der Waals surface area contributed by atoms with Crippen LogP contribution in [0.15, 0.2) is 54.7 Å². The predicted molar refractivity (Wildman–Crippen MR) is 113 cm³/mol. The van der Waals surface area contributed by atoms with Gasteiger partial charge in [-0.1, -0.05) is 17.7 Å². The Morgan fingerprint density at radius 3 is 2.52 bits per heavy atom. The Morgan fingerprint density at radius 2 is 1.83 bits per heavy atom. The van der Waals surface area contributed by atoms with Crippen molar-refractivity contribution >= 4 is 34.2 Å². The summed E-state index contributed by atoms with van der Waals surface area (Å²) < 4.78 is 5.15. The minimum absolute atomic E-state index is 0.0818. The summed E-state index contributed by atoms with van der Waals surface area (Å²) in [5.74, 6) is 0.673. The molecule has 1 amide bonds. The molecular weight excluding hydrogens is 388 g/mol. The Bertz CT molecular complexity index is 1060. The first kappa shape index (κ1) is 19.4. The summed E-state index contributed by atoms with van der Waals surface area (Å²) in [5, 5.41) is 1.35. The number of methoxy groups -OCH3 is 1. The number of rotatable bonds is 4. The summed E-state index contributed by atoms with van der Waals surface area (Å²) in [6.07, 6.45) is 2.96. The number of Topliss-reactive ketones (excluding diaryl/α,β-unsaturated/α-hetero) is 1. The van der Waals surface area contributed by atoms with Crippen LogP contribution in [-0.4, -0.2) is 41.8 Å². The van der Waals surface area contributed by atoms with Crippen molar-refractivity contribution in [2.45, 2.75) is 12.8 Å². The van der Waals surface area contributed by atoms with Crippen LogP contribution < -0.4 is 4.74 Å². The van der Waals surface area contributed by atoms with E-state index in [0.29, 0.717) is 47.6 Å². The first-order chi connectivity index (χ1) is 14.1. The van der Waals surface area contributed by atoms with Crippen molar-refractivity contribution in [1.82, 2.24) is 9.88 Å². The summed E-state index contributed by atoms with van der Waals surface area (Å²) in [6.45, 7) is 1.07. The fourth-order valence-electron chi connectivity index (χ4n) is 3.82. The molecule has 1 aliphatic heterocycles. The highest BCUT2D eigenvalue weighted by Gasteiger charge is 2.29. The zero-order chi connectivity index (χ0) is 20.4. The number of ketones is 1. The van der Waals surface area contributed by atoms with Gasteiger partial charge in [0, 0.05) is 41.2 Å². The molecule has 0 atom stereocenters. The van der Waals surface area contributed by atoms with Crippen LogP contribution in [0, 0.1) is 5.92 Å². The number of ether oxygens (including phenoxy) is 1. The maximum atomic E-state index is 13.1. The normalized spacial score (nSPS) is 14.8. The molecule has 5 nitrogen and oxygen atoms in total. The lowest BCUT2D eigenvalue weighted by molar-refractivity contribution is 0.0651. The van der Waals surface area contributed by atoms with E-state index in [1.165, 1.54) is 0 Å². The number of halogens is 1. The number of amides is 1. The molecule has 0 unspecified atom stereocenters. The number of piperidine rings is 1. The summed E-state index contributed by atoms with van der Waals surface area (Å²) in [6, 6.07) is 14.4. The van der Waals surface area contributed by atoms with Gasteiger partial charge in [0.25, 0.3) is 5.91 Å². The molecule has 1 saturated heterocycles. The van der Waals surface area contributed by atoms with E-state index in [0.717, 1.165) is 11.1 Å². The van der Waals surface area contributed by atoms with Gasteiger partial charge in [-0.15, -0.1) is 0 Å². The third-order valence-corrected chi connectivity index (χ3v) is 5.65. The van der Waals surface area contributed by atoms with Crippen LogP contribution in [0.4, 0.5) is 0 Å². The lowest BCUT2D eigenvalue weighted by Crippen LogP contribution is -2.40. The first-order valence-corrected chi connectivity index (χ1v) is 9.96. The Hall–Kier alpha value is -2.92. The highest BCUT2D eigenvalue weighted by atomic mass is 35.5. The number of carbonyl (C=O) groups excluding carboxylic acids is 2. The Morgan fingerprint density at radius 1 is 1.10 bits per heavy atom. The van der Waals surface area contributed by atoms with Crippen molar-refractivity contribution in [2.24, 2.45) is 5.92 Å². The van der Waals surface area contributed by atoms with Gasteiger partial charge in [-0.05, 0) is 55.3 Å². The number of carbonyl (C=O) groups is 2. The van der Waals surface area contributed by atoms with Crippen molar-refractivity contribution in [3.63, 3.8) is 0 Å². The quantitative estimate of drug-likeness (QED) is 0.590. The zero-order valence-electron chi connectivity index (χ0n) is 16.1. The average Bonchev–Trinajstić information content (AvgIpc) is 2.77. The second kappa shape index (κ2) is 8.21. The molecule has 0 spiro atoms. The summed E-state index contributed by atoms with van der Waals surface area (Å²) in [4.78, 5) is 32.1. The van der Waals surface area contributed by atoms with Crippen LogP contribution >= 0.6 is 11.6 Å². The molecular formula is C23H21ClN2O3. The van der Waals surface area contributed by atoms with Gasteiger partial charge in [-0.25, -0.2) is 0 Å². The van der Waals surface area contributed by atoms with Crippen molar-refractivity contribution < 1.29 is 14.3 Å². The third-order valence-electron chi connectivity index (χ3n) is 5.43. The molecule has 0 saturated carbocycles. The van der Waals surface area contributed by atoms with Crippen molar-refractivity contribution in [2.75, 3.05) is 20.2 Å². The zero-order valence-corrected chi connectivity index (χ0v) is 16.9. The van der Waals surface area contributed by atoms with Gasteiger partial charge in [0.1, 0.15) is 5.75 Å². The number of fused-ring (bicyclic) bond motifs is 1. The maximum Gasteiger partial charge on any atom is 0.256 e. The second-order valence-electron chi connectivity index (χ2n) is 7.19. The summed E-state index contributed by atoms with van der Waals surface area (Å²) in [7, 11) is 1.60. The van der Waals surface area contributed by atoms with Crippen molar-refractivity contribution in [3.8, 4) is 5.75 Å². The van der Waals surface area contributed by atoms with Gasteiger partial charge in [0.2, 0.25) is 0 Å². The van der Waals surface area contributed by atoms with Crippen molar-refractivity contribution in [1.29, 1.82) is 0 Å². The lowest BCUT2D eigenvalue weighted by Gasteiger charge is -2.31. The largest absolute Gasteiger partial charge is 0.497 e. The summed E-state index contributed by atoms with van der Waals surface area (Å²) >= 11 is 6.21. The van der Waals surface area contributed by atoms with Gasteiger partial charge in [-0.3, -0.25) is 14.6 Å². The summed E-state index contributed by atoms with van der Waals surface area (Å²) in [5.41, 5.74) is 1.84. The Labute approximate surface area is 174 Å². The molecule has 1 aromatic heterocycles. The number of likely N-dealkylation sites (tertiary alicyclic amines) is 1. The fourth-order valence-corrected chi connectivity index (χ4v) is 4.05. The van der Waals surface area contributed by atoms with Gasteiger partial charge in [-0.2, -0.15) is 0 Å². The van der Waals surface area contributed by atoms with E-state index in [1.807, 2.05) is 12.1 Å². The molecule has 0 N–H and O–H groups in total. The molecule has 1 aliphatic rings. The monoisotopic (exact) mass is 408 g/mol. The van der Waals surface area contributed by atoms with Crippen LogP contribution in [0.2, 0.25) is 5.02 Å². The second-order valence-corrected chi connectivity index (χ2v) is 7.62. The number of hydrogen-bond acceptors (Lipinski definition) is 4. The SMILES string of the molecule is COc1ccc(C(=O)C2CCN(C(=O)c3cc(Cl)cc4cccnc34)CC2)cc1. The van der Waals surface area contributed by atoms with Crippen LogP contribution in [0.1, 0.15) is 33.6 Å². The van der Waals surface area contributed by atoms with Gasteiger partial charge in [0.15, 0.2) is 5.78 Å². The van der Waals surface area contributed by atoms with E-state index in [2.05, 4.69) is 4.98 Å². The van der Waals surface area contributed by atoms with Gasteiger partial charge < -0.3 is 9.64 Å². The van der Waals surface area contributed by atoms with Crippen LogP contribution in [-0.2, 0) is 0 Å². The predicted octanol–water partition coefficient (Wildman–Crippen LogP) is 4.63. The molecule has 29 heavy (non-hydrogen) atoms. The first-order valence-electron chi connectivity index (χ1n) is 9.58. The van der Waals surface area contributed by atoms with Crippen LogP contribution in [0.5, 0.6) is 5.75 Å². The van der Waals surface area contributed by atoms with E-state index in [4.69, 9.17) is 16.3 Å². The molecule has 0 bridgehead atoms. The minimum atomic E-state index is -0.0912. The number of nitrogens with zero attached hydrogens (tertiary/aromatic N) is 2. The minimum Gasteiger partial charge on any atom is -0.497 e. The van der Waals surface area contributed by atoms with E-state index in [9.17, 15) is 9.59 Å². The maximum absolute atomic E-state index is 13.1. The molecule has 0 radical (unpaired) electrons. The van der Waals surface area contributed by atoms with Gasteiger partial charge >= 0.3 is 0 Å². The Kier molecular flexibility index (Phi) is 5.49. The van der Waals surface area contributed by atoms with Crippen LogP contribution in [0.25, 0.3) is 10.9 Å².